The Labute approximate surface area is 240 Å². The molecule has 0 aromatic heterocycles. The molecule has 1 saturated carbocycles. The van der Waals surface area contributed by atoms with Crippen LogP contribution in [0.25, 0.3) is 0 Å². The number of hydrogen-bond acceptors (Lipinski definition) is 4. The SMILES string of the molecule is CNC(=O)[C@H](Cc1ccccc1)NC(=O)[C@H]1[C@@H](NC(=O)[C@H](Cc2ccccc2)NC(C)=O)[C@@H]2C[C@H]1c1ccccc12. The molecule has 5 rings (SSSR count). The summed E-state index contributed by atoms with van der Waals surface area (Å²) >= 11 is 0. The summed E-state index contributed by atoms with van der Waals surface area (Å²) < 4.78 is 0. The minimum atomic E-state index is -0.787. The van der Waals surface area contributed by atoms with Crippen LogP contribution in [0.15, 0.2) is 84.9 Å². The maximum absolute atomic E-state index is 14.0. The zero-order valence-electron chi connectivity index (χ0n) is 23.3. The minimum Gasteiger partial charge on any atom is -0.357 e. The molecule has 1 fully saturated rings. The molecule has 2 bridgehead atoms. The third-order valence-corrected chi connectivity index (χ3v) is 8.31. The highest BCUT2D eigenvalue weighted by Gasteiger charge is 2.54. The van der Waals surface area contributed by atoms with Crippen LogP contribution < -0.4 is 21.3 Å². The summed E-state index contributed by atoms with van der Waals surface area (Å²) in [6.07, 6.45) is 1.41. The van der Waals surface area contributed by atoms with E-state index in [0.717, 1.165) is 28.7 Å². The summed E-state index contributed by atoms with van der Waals surface area (Å²) in [7, 11) is 1.55. The van der Waals surface area contributed by atoms with Gasteiger partial charge in [0.05, 0.1) is 5.92 Å². The standard InChI is InChI=1S/C33H36N4O4/c1-20(38)35-28(18-22-13-7-4-8-14-22)32(40)37-30-26-19-25(23-15-9-10-16-24(23)26)29(30)33(41)36-27(31(39)34-2)17-21-11-5-3-6-12-21/h3-16,25-30H,17-19H2,1-2H3,(H,34,39)(H,35,38)(H,36,41)(H,37,40)/t25-,26+,27-,28-,29+,30-/m0/s1. The number of carbonyl (C=O) groups excluding carboxylic acids is 4. The van der Waals surface area contributed by atoms with Crippen molar-refractivity contribution >= 4 is 23.6 Å². The van der Waals surface area contributed by atoms with Crippen molar-refractivity contribution in [3.05, 3.63) is 107 Å². The molecule has 0 spiro atoms. The van der Waals surface area contributed by atoms with Gasteiger partial charge in [0.1, 0.15) is 12.1 Å². The molecule has 2 aliphatic rings. The summed E-state index contributed by atoms with van der Waals surface area (Å²) in [5, 5.41) is 11.6. The number of rotatable bonds is 10. The van der Waals surface area contributed by atoms with Crippen LogP contribution in [0.1, 0.15) is 47.4 Å². The minimum absolute atomic E-state index is 0.0434. The van der Waals surface area contributed by atoms with E-state index in [1.165, 1.54) is 6.92 Å². The lowest BCUT2D eigenvalue weighted by Gasteiger charge is -2.34. The predicted molar refractivity (Wildman–Crippen MR) is 156 cm³/mol. The van der Waals surface area contributed by atoms with Gasteiger partial charge in [-0.2, -0.15) is 0 Å². The van der Waals surface area contributed by atoms with Gasteiger partial charge in [-0.05, 0) is 34.6 Å². The summed E-state index contributed by atoms with van der Waals surface area (Å²) in [6.45, 7) is 1.39. The van der Waals surface area contributed by atoms with Gasteiger partial charge in [0.25, 0.3) is 0 Å². The molecule has 6 atom stereocenters. The topological polar surface area (TPSA) is 116 Å². The summed E-state index contributed by atoms with van der Waals surface area (Å²) in [4.78, 5) is 52.5. The molecule has 8 nitrogen and oxygen atoms in total. The Morgan fingerprint density at radius 3 is 1.76 bits per heavy atom. The van der Waals surface area contributed by atoms with Crippen LogP contribution in [0.4, 0.5) is 0 Å². The molecule has 0 aliphatic heterocycles. The second kappa shape index (κ2) is 12.4. The molecule has 0 unspecified atom stereocenters. The fraction of sp³-hybridized carbons (Fsp3) is 0.333. The van der Waals surface area contributed by atoms with Gasteiger partial charge in [-0.1, -0.05) is 84.9 Å². The molecule has 0 radical (unpaired) electrons. The van der Waals surface area contributed by atoms with Crippen molar-refractivity contribution in [1.82, 2.24) is 21.3 Å². The van der Waals surface area contributed by atoms with Crippen LogP contribution >= 0.6 is 0 Å². The number of amides is 4. The molecular formula is C33H36N4O4. The van der Waals surface area contributed by atoms with E-state index >= 15 is 0 Å². The molecule has 4 amide bonds. The molecule has 3 aromatic carbocycles. The van der Waals surface area contributed by atoms with Crippen molar-refractivity contribution in [3.63, 3.8) is 0 Å². The van der Waals surface area contributed by atoms with E-state index < -0.39 is 24.0 Å². The van der Waals surface area contributed by atoms with E-state index in [1.807, 2.05) is 78.9 Å². The second-order valence-electron chi connectivity index (χ2n) is 10.9. The Morgan fingerprint density at radius 1 is 0.707 bits per heavy atom. The van der Waals surface area contributed by atoms with Crippen molar-refractivity contribution in [2.24, 2.45) is 5.92 Å². The van der Waals surface area contributed by atoms with Crippen molar-refractivity contribution < 1.29 is 19.2 Å². The molecule has 41 heavy (non-hydrogen) atoms. The average Bonchev–Trinajstić information content (AvgIpc) is 3.54. The Balaban J connectivity index is 1.40. The third kappa shape index (κ3) is 6.16. The fourth-order valence-electron chi connectivity index (χ4n) is 6.50. The Hall–Kier alpha value is -4.46. The van der Waals surface area contributed by atoms with E-state index in [4.69, 9.17) is 0 Å². The highest BCUT2D eigenvalue weighted by atomic mass is 16.2. The first-order chi connectivity index (χ1) is 19.9. The van der Waals surface area contributed by atoms with Gasteiger partial charge >= 0.3 is 0 Å². The van der Waals surface area contributed by atoms with Gasteiger partial charge in [0.2, 0.25) is 23.6 Å². The molecule has 212 valence electrons. The van der Waals surface area contributed by atoms with Crippen LogP contribution in [0.5, 0.6) is 0 Å². The van der Waals surface area contributed by atoms with Gasteiger partial charge < -0.3 is 21.3 Å². The van der Waals surface area contributed by atoms with E-state index in [9.17, 15) is 19.2 Å². The van der Waals surface area contributed by atoms with Crippen molar-refractivity contribution in [2.75, 3.05) is 7.05 Å². The Kier molecular flexibility index (Phi) is 8.47. The predicted octanol–water partition coefficient (Wildman–Crippen LogP) is 2.59. The van der Waals surface area contributed by atoms with Crippen LogP contribution in [0, 0.1) is 5.92 Å². The lowest BCUT2D eigenvalue weighted by atomic mass is 9.79. The van der Waals surface area contributed by atoms with Crippen molar-refractivity contribution in [2.45, 2.75) is 56.1 Å². The fourth-order valence-corrected chi connectivity index (χ4v) is 6.50. The van der Waals surface area contributed by atoms with Crippen LogP contribution in [-0.2, 0) is 32.0 Å². The number of nitrogens with one attached hydrogen (secondary N) is 4. The first-order valence-electron chi connectivity index (χ1n) is 14.1. The number of fused-ring (bicyclic) bond motifs is 5. The lowest BCUT2D eigenvalue weighted by Crippen LogP contribution is -2.57. The highest BCUT2D eigenvalue weighted by Crippen LogP contribution is 2.56. The van der Waals surface area contributed by atoms with Crippen molar-refractivity contribution in [3.8, 4) is 0 Å². The molecule has 0 heterocycles. The van der Waals surface area contributed by atoms with E-state index in [-0.39, 0.29) is 35.5 Å². The summed E-state index contributed by atoms with van der Waals surface area (Å²) in [5.74, 6) is -1.86. The number of likely N-dealkylation sites (N-methyl/N-ethyl adjacent to an activating group) is 1. The normalized spacial score (nSPS) is 21.7. The highest BCUT2D eigenvalue weighted by molar-refractivity contribution is 5.91. The van der Waals surface area contributed by atoms with Crippen molar-refractivity contribution in [1.29, 1.82) is 0 Å². The van der Waals surface area contributed by atoms with Crippen LogP contribution in [0.2, 0.25) is 0 Å². The molecule has 2 aliphatic carbocycles. The van der Waals surface area contributed by atoms with Gasteiger partial charge in [0.15, 0.2) is 0 Å². The van der Waals surface area contributed by atoms with E-state index in [1.54, 1.807) is 7.05 Å². The zero-order chi connectivity index (χ0) is 28.9. The van der Waals surface area contributed by atoms with Gasteiger partial charge in [0, 0.05) is 38.8 Å². The largest absolute Gasteiger partial charge is 0.357 e. The van der Waals surface area contributed by atoms with E-state index in [0.29, 0.717) is 12.8 Å². The monoisotopic (exact) mass is 552 g/mol. The number of hydrogen-bond donors (Lipinski definition) is 4. The Bertz CT molecular complexity index is 1410. The number of carbonyl (C=O) groups is 4. The number of benzene rings is 3. The maximum Gasteiger partial charge on any atom is 0.243 e. The first-order valence-corrected chi connectivity index (χ1v) is 14.1. The molecule has 4 N–H and O–H groups in total. The Morgan fingerprint density at radius 2 is 1.22 bits per heavy atom. The van der Waals surface area contributed by atoms with E-state index in [2.05, 4.69) is 27.3 Å². The van der Waals surface area contributed by atoms with Gasteiger partial charge in [-0.15, -0.1) is 0 Å². The summed E-state index contributed by atoms with van der Waals surface area (Å²) in [5.41, 5.74) is 4.11. The maximum atomic E-state index is 14.0. The molecule has 0 saturated heterocycles. The molecule has 3 aromatic rings. The summed E-state index contributed by atoms with van der Waals surface area (Å²) in [6, 6.07) is 25.1. The molecule has 8 heteroatoms. The quantitative estimate of drug-likeness (QED) is 0.309. The zero-order valence-corrected chi connectivity index (χ0v) is 23.3. The van der Waals surface area contributed by atoms with Gasteiger partial charge in [-0.3, -0.25) is 19.2 Å². The third-order valence-electron chi connectivity index (χ3n) is 8.31. The first kappa shape index (κ1) is 28.1. The van der Waals surface area contributed by atoms with Gasteiger partial charge in [-0.25, -0.2) is 0 Å². The molecular weight excluding hydrogens is 516 g/mol. The smallest absolute Gasteiger partial charge is 0.243 e. The van der Waals surface area contributed by atoms with Crippen LogP contribution in [0.3, 0.4) is 0 Å². The lowest BCUT2D eigenvalue weighted by molar-refractivity contribution is -0.133. The van der Waals surface area contributed by atoms with Crippen LogP contribution in [-0.4, -0.2) is 48.8 Å². The second-order valence-corrected chi connectivity index (χ2v) is 10.9. The average molecular weight is 553 g/mol.